The first-order chi connectivity index (χ1) is 14.5. The average Bonchev–Trinajstić information content (AvgIpc) is 3.15. The molecule has 1 N–H and O–H groups in total. The molecule has 6 heteroatoms. The quantitative estimate of drug-likeness (QED) is 0.462. The third-order valence-corrected chi connectivity index (χ3v) is 5.98. The third-order valence-electron chi connectivity index (χ3n) is 5.64. The molecule has 1 aliphatic heterocycles. The fourth-order valence-electron chi connectivity index (χ4n) is 4.10. The highest BCUT2D eigenvalue weighted by molar-refractivity contribution is 7.71. The molecule has 0 fully saturated rings. The fraction of sp³-hybridized carbons (Fsp3) is 0.292. The van der Waals surface area contributed by atoms with Crippen LogP contribution in [0.4, 0.5) is 0 Å². The van der Waals surface area contributed by atoms with Crippen molar-refractivity contribution in [3.8, 4) is 11.4 Å². The lowest BCUT2D eigenvalue weighted by Crippen LogP contribution is -2.35. The van der Waals surface area contributed by atoms with Crippen LogP contribution >= 0.6 is 12.2 Å². The standard InChI is InChI=1S/C24H24N4OS/c1-24(2)14-20-17(15-29-24)23(30)27-22(16-8-4-3-5-9-16)28(20)13-12-21-25-18-10-6-7-11-19(18)26-21/h3-11H,12-15H2,1-2H3,(H,25,26). The molecule has 0 saturated heterocycles. The molecule has 3 heterocycles. The van der Waals surface area contributed by atoms with E-state index in [1.54, 1.807) is 0 Å². The summed E-state index contributed by atoms with van der Waals surface area (Å²) < 4.78 is 8.99. The monoisotopic (exact) mass is 416 g/mol. The molecule has 0 saturated carbocycles. The van der Waals surface area contributed by atoms with Gasteiger partial charge in [0.15, 0.2) is 0 Å². The van der Waals surface area contributed by atoms with Crippen molar-refractivity contribution in [1.29, 1.82) is 0 Å². The summed E-state index contributed by atoms with van der Waals surface area (Å²) in [6.07, 6.45) is 1.58. The molecule has 2 aromatic carbocycles. The molecule has 4 aromatic rings. The maximum absolute atomic E-state index is 6.04. The molecule has 0 radical (unpaired) electrons. The summed E-state index contributed by atoms with van der Waals surface area (Å²) >= 11 is 5.66. The summed E-state index contributed by atoms with van der Waals surface area (Å²) in [7, 11) is 0. The minimum Gasteiger partial charge on any atom is -0.370 e. The van der Waals surface area contributed by atoms with Crippen molar-refractivity contribution in [2.75, 3.05) is 0 Å². The van der Waals surface area contributed by atoms with Gasteiger partial charge in [-0.15, -0.1) is 0 Å². The van der Waals surface area contributed by atoms with Crippen LogP contribution in [0.3, 0.4) is 0 Å². The van der Waals surface area contributed by atoms with Gasteiger partial charge in [-0.2, -0.15) is 0 Å². The van der Waals surface area contributed by atoms with E-state index in [0.717, 1.165) is 53.2 Å². The van der Waals surface area contributed by atoms with Gasteiger partial charge in [0.05, 0.1) is 23.2 Å². The lowest BCUT2D eigenvalue weighted by Gasteiger charge is -2.34. The Kier molecular flexibility index (Phi) is 4.76. The number of hydrogen-bond acceptors (Lipinski definition) is 4. The molecule has 5 nitrogen and oxygen atoms in total. The minimum absolute atomic E-state index is 0.231. The van der Waals surface area contributed by atoms with Gasteiger partial charge < -0.3 is 14.3 Å². The molecule has 0 amide bonds. The number of benzene rings is 2. The number of aromatic nitrogens is 4. The summed E-state index contributed by atoms with van der Waals surface area (Å²) in [5.41, 5.74) is 5.16. The van der Waals surface area contributed by atoms with Crippen molar-refractivity contribution in [3.63, 3.8) is 0 Å². The largest absolute Gasteiger partial charge is 0.370 e. The molecule has 2 aromatic heterocycles. The van der Waals surface area contributed by atoms with Crippen molar-refractivity contribution >= 4 is 23.3 Å². The molecule has 0 aliphatic carbocycles. The van der Waals surface area contributed by atoms with Crippen LogP contribution in [0.1, 0.15) is 30.9 Å². The van der Waals surface area contributed by atoms with E-state index in [4.69, 9.17) is 26.9 Å². The van der Waals surface area contributed by atoms with E-state index in [0.29, 0.717) is 11.2 Å². The van der Waals surface area contributed by atoms with Crippen molar-refractivity contribution in [2.24, 2.45) is 0 Å². The second-order valence-electron chi connectivity index (χ2n) is 8.36. The van der Waals surface area contributed by atoms with Gasteiger partial charge in [0, 0.05) is 36.2 Å². The van der Waals surface area contributed by atoms with Crippen LogP contribution in [-0.2, 0) is 30.7 Å². The van der Waals surface area contributed by atoms with Gasteiger partial charge in [-0.05, 0) is 26.0 Å². The number of ether oxygens (including phenoxy) is 1. The number of rotatable bonds is 4. The summed E-state index contributed by atoms with van der Waals surface area (Å²) in [4.78, 5) is 13.0. The average molecular weight is 417 g/mol. The number of H-pyrrole nitrogens is 1. The Balaban J connectivity index is 1.60. The van der Waals surface area contributed by atoms with E-state index in [9.17, 15) is 0 Å². The lowest BCUT2D eigenvalue weighted by atomic mass is 9.95. The highest BCUT2D eigenvalue weighted by Crippen LogP contribution is 2.31. The maximum atomic E-state index is 6.04. The fourth-order valence-corrected chi connectivity index (χ4v) is 4.36. The van der Waals surface area contributed by atoms with E-state index in [1.807, 2.05) is 36.4 Å². The number of para-hydroxylation sites is 2. The zero-order chi connectivity index (χ0) is 20.7. The van der Waals surface area contributed by atoms with Crippen LogP contribution < -0.4 is 0 Å². The number of aryl methyl sites for hydroxylation is 1. The lowest BCUT2D eigenvalue weighted by molar-refractivity contribution is -0.0428. The van der Waals surface area contributed by atoms with Gasteiger partial charge in [0.25, 0.3) is 0 Å². The van der Waals surface area contributed by atoms with Crippen LogP contribution in [0.2, 0.25) is 0 Å². The molecule has 5 rings (SSSR count). The summed E-state index contributed by atoms with van der Waals surface area (Å²) in [5.74, 6) is 1.89. The number of nitrogens with one attached hydrogen (secondary N) is 1. The topological polar surface area (TPSA) is 55.7 Å². The van der Waals surface area contributed by atoms with Crippen molar-refractivity contribution < 1.29 is 4.74 Å². The van der Waals surface area contributed by atoms with Crippen LogP contribution in [0, 0.1) is 4.64 Å². The predicted molar refractivity (Wildman–Crippen MR) is 121 cm³/mol. The van der Waals surface area contributed by atoms with Gasteiger partial charge in [-0.1, -0.05) is 54.7 Å². The first kappa shape index (κ1) is 19.2. The van der Waals surface area contributed by atoms with Crippen LogP contribution in [0.15, 0.2) is 54.6 Å². The first-order valence-electron chi connectivity index (χ1n) is 10.3. The molecule has 0 bridgehead atoms. The highest BCUT2D eigenvalue weighted by Gasteiger charge is 2.30. The molecule has 0 unspecified atom stereocenters. The van der Waals surface area contributed by atoms with E-state index < -0.39 is 0 Å². The molecule has 0 atom stereocenters. The van der Waals surface area contributed by atoms with Gasteiger partial charge in [0.2, 0.25) is 0 Å². The minimum atomic E-state index is -0.231. The molecule has 0 spiro atoms. The molecule has 30 heavy (non-hydrogen) atoms. The summed E-state index contributed by atoms with van der Waals surface area (Å²) in [5, 5.41) is 0. The van der Waals surface area contributed by atoms with Crippen LogP contribution in [0.5, 0.6) is 0 Å². The van der Waals surface area contributed by atoms with Crippen molar-refractivity contribution in [1.82, 2.24) is 19.5 Å². The smallest absolute Gasteiger partial charge is 0.141 e. The van der Waals surface area contributed by atoms with E-state index >= 15 is 0 Å². The zero-order valence-electron chi connectivity index (χ0n) is 17.2. The van der Waals surface area contributed by atoms with Crippen molar-refractivity contribution in [2.45, 2.75) is 45.4 Å². The Morgan fingerprint density at radius 2 is 1.83 bits per heavy atom. The molecule has 152 valence electrons. The van der Waals surface area contributed by atoms with Gasteiger partial charge in [-0.3, -0.25) is 0 Å². The van der Waals surface area contributed by atoms with E-state index in [1.165, 1.54) is 5.69 Å². The van der Waals surface area contributed by atoms with Gasteiger partial charge >= 0.3 is 0 Å². The Morgan fingerprint density at radius 3 is 2.63 bits per heavy atom. The second kappa shape index (κ2) is 7.45. The number of hydrogen-bond donors (Lipinski definition) is 1. The van der Waals surface area contributed by atoms with Gasteiger partial charge in [-0.25, -0.2) is 9.97 Å². The summed E-state index contributed by atoms with van der Waals surface area (Å²) in [6.45, 7) is 5.54. The Hall–Kier alpha value is -2.83. The number of aromatic amines is 1. The number of fused-ring (bicyclic) bond motifs is 2. The Labute approximate surface area is 180 Å². The SMILES string of the molecule is CC1(C)Cc2c(c(=S)nc(-c3ccccc3)n2CCc2nc3ccccc3[nH]2)CO1. The first-order valence-corrected chi connectivity index (χ1v) is 10.7. The third kappa shape index (κ3) is 3.57. The van der Waals surface area contributed by atoms with Crippen molar-refractivity contribution in [3.05, 3.63) is 76.3 Å². The van der Waals surface area contributed by atoms with Crippen LogP contribution in [-0.4, -0.2) is 25.1 Å². The molecule has 1 aliphatic rings. The van der Waals surface area contributed by atoms with E-state index in [2.05, 4.69) is 41.6 Å². The second-order valence-corrected chi connectivity index (χ2v) is 8.75. The maximum Gasteiger partial charge on any atom is 0.141 e. The highest BCUT2D eigenvalue weighted by atomic mass is 32.1. The predicted octanol–water partition coefficient (Wildman–Crippen LogP) is 5.25. The summed E-state index contributed by atoms with van der Waals surface area (Å²) in [6, 6.07) is 18.4. The normalized spacial score (nSPS) is 15.3. The molecular weight excluding hydrogens is 392 g/mol. The Bertz CT molecular complexity index is 1240. The number of imidazole rings is 1. The van der Waals surface area contributed by atoms with E-state index in [-0.39, 0.29) is 5.60 Å². The van der Waals surface area contributed by atoms with Gasteiger partial charge in [0.1, 0.15) is 16.3 Å². The number of nitrogens with zero attached hydrogens (tertiary/aromatic N) is 3. The Morgan fingerprint density at radius 1 is 1.07 bits per heavy atom. The molecular formula is C24H24N4OS. The zero-order valence-corrected chi connectivity index (χ0v) is 18.0. The van der Waals surface area contributed by atoms with Crippen LogP contribution in [0.25, 0.3) is 22.4 Å².